The van der Waals surface area contributed by atoms with E-state index in [0.717, 1.165) is 22.4 Å². The smallest absolute Gasteiger partial charge is 0.230 e. The summed E-state index contributed by atoms with van der Waals surface area (Å²) in [5, 5.41) is 21.0. The summed E-state index contributed by atoms with van der Waals surface area (Å²) >= 11 is 0. The number of hydrogen-bond donors (Lipinski definition) is 1. The Balaban J connectivity index is 1.82. The average molecular weight is 367 g/mol. The van der Waals surface area contributed by atoms with E-state index in [0.29, 0.717) is 28.7 Å². The average Bonchev–Trinajstić information content (AvgIpc) is 2.71. The molecule has 0 bridgehead atoms. The van der Waals surface area contributed by atoms with E-state index in [-0.39, 0.29) is 0 Å². The van der Waals surface area contributed by atoms with Crippen molar-refractivity contribution in [2.75, 3.05) is 5.32 Å². The fourth-order valence-corrected chi connectivity index (χ4v) is 2.67. The lowest BCUT2D eigenvalue weighted by Crippen LogP contribution is -2.00. The third kappa shape index (κ3) is 4.14. The molecule has 0 aliphatic heterocycles. The number of aromatic nitrogens is 2. The van der Waals surface area contributed by atoms with Crippen molar-refractivity contribution < 1.29 is 4.74 Å². The zero-order valence-electron chi connectivity index (χ0n) is 15.5. The Hall–Kier alpha value is -4.16. The minimum absolute atomic E-state index is 0.381. The van der Waals surface area contributed by atoms with Gasteiger partial charge in [-0.1, -0.05) is 6.58 Å². The Morgan fingerprint density at radius 1 is 1.07 bits per heavy atom. The van der Waals surface area contributed by atoms with Gasteiger partial charge in [0.1, 0.15) is 5.75 Å². The molecule has 1 aromatic heterocycles. The predicted octanol–water partition coefficient (Wildman–Crippen LogP) is 5.04. The maximum absolute atomic E-state index is 9.03. The Labute approximate surface area is 163 Å². The van der Waals surface area contributed by atoms with Crippen molar-refractivity contribution in [1.82, 2.24) is 9.97 Å². The molecule has 1 heterocycles. The van der Waals surface area contributed by atoms with Gasteiger partial charge in [0, 0.05) is 18.0 Å². The van der Waals surface area contributed by atoms with Crippen LogP contribution in [0, 0.1) is 36.5 Å². The molecule has 2 aromatic carbocycles. The lowest BCUT2D eigenvalue weighted by Gasteiger charge is -2.13. The number of ether oxygens (including phenoxy) is 1. The molecule has 0 saturated carbocycles. The second-order valence-electron chi connectivity index (χ2n) is 6.16. The van der Waals surface area contributed by atoms with Gasteiger partial charge in [0.15, 0.2) is 0 Å². The Morgan fingerprint density at radius 3 is 2.36 bits per heavy atom. The van der Waals surface area contributed by atoms with Crippen LogP contribution in [0.5, 0.6) is 11.6 Å². The molecule has 0 aliphatic rings. The molecule has 0 fully saturated rings. The number of benzene rings is 2. The third-order valence-electron chi connectivity index (χ3n) is 4.05. The van der Waals surface area contributed by atoms with Crippen LogP contribution in [0.3, 0.4) is 0 Å². The number of rotatable bonds is 5. The monoisotopic (exact) mass is 367 g/mol. The molecule has 136 valence electrons. The van der Waals surface area contributed by atoms with Crippen LogP contribution in [-0.2, 0) is 0 Å². The second kappa shape index (κ2) is 8.03. The van der Waals surface area contributed by atoms with Crippen LogP contribution in [0.25, 0.3) is 5.57 Å². The predicted molar refractivity (Wildman–Crippen MR) is 107 cm³/mol. The lowest BCUT2D eigenvalue weighted by atomic mass is 10.0. The first-order valence-corrected chi connectivity index (χ1v) is 8.49. The van der Waals surface area contributed by atoms with Crippen LogP contribution in [0.2, 0.25) is 0 Å². The molecule has 0 saturated heterocycles. The Kier molecular flexibility index (Phi) is 5.34. The number of hydrogen-bond acceptors (Lipinski definition) is 6. The van der Waals surface area contributed by atoms with Crippen molar-refractivity contribution in [3.8, 4) is 23.8 Å². The van der Waals surface area contributed by atoms with Crippen LogP contribution < -0.4 is 10.1 Å². The highest BCUT2D eigenvalue weighted by Crippen LogP contribution is 2.31. The van der Waals surface area contributed by atoms with Gasteiger partial charge in [0.25, 0.3) is 0 Å². The van der Waals surface area contributed by atoms with Crippen LogP contribution in [-0.4, -0.2) is 9.97 Å². The van der Waals surface area contributed by atoms with Crippen molar-refractivity contribution in [3.63, 3.8) is 0 Å². The van der Waals surface area contributed by atoms with Crippen molar-refractivity contribution in [1.29, 1.82) is 10.5 Å². The van der Waals surface area contributed by atoms with Gasteiger partial charge in [-0.25, -0.2) is 4.98 Å². The summed E-state index contributed by atoms with van der Waals surface area (Å²) < 4.78 is 5.98. The van der Waals surface area contributed by atoms with Gasteiger partial charge in [-0.3, -0.25) is 0 Å². The van der Waals surface area contributed by atoms with Gasteiger partial charge in [0.2, 0.25) is 11.8 Å². The molecule has 3 rings (SSSR count). The largest absolute Gasteiger partial charge is 0.438 e. The minimum atomic E-state index is 0.381. The number of aryl methyl sites for hydroxylation is 2. The van der Waals surface area contributed by atoms with E-state index in [4.69, 9.17) is 15.3 Å². The minimum Gasteiger partial charge on any atom is -0.438 e. The highest BCUT2D eigenvalue weighted by atomic mass is 16.5. The maximum atomic E-state index is 9.03. The highest BCUT2D eigenvalue weighted by Gasteiger charge is 2.11. The first-order valence-electron chi connectivity index (χ1n) is 8.49. The lowest BCUT2D eigenvalue weighted by molar-refractivity contribution is 0.455. The molecule has 6 heteroatoms. The van der Waals surface area contributed by atoms with E-state index in [9.17, 15) is 0 Å². The van der Waals surface area contributed by atoms with Crippen LogP contribution in [0.4, 0.5) is 11.6 Å². The fourth-order valence-electron chi connectivity index (χ4n) is 2.67. The zero-order valence-corrected chi connectivity index (χ0v) is 15.5. The van der Waals surface area contributed by atoms with E-state index < -0.39 is 0 Å². The van der Waals surface area contributed by atoms with Crippen molar-refractivity contribution >= 4 is 17.2 Å². The first-order chi connectivity index (χ1) is 13.5. The van der Waals surface area contributed by atoms with E-state index in [2.05, 4.69) is 34.0 Å². The number of nitrogens with one attached hydrogen (secondary N) is 1. The summed E-state index contributed by atoms with van der Waals surface area (Å²) in [6.45, 7) is 7.57. The molecule has 0 aliphatic carbocycles. The van der Waals surface area contributed by atoms with Gasteiger partial charge in [-0.05, 0) is 66.9 Å². The van der Waals surface area contributed by atoms with Gasteiger partial charge in [-0.2, -0.15) is 15.5 Å². The Bertz CT molecular complexity index is 1100. The number of anilines is 2. The summed E-state index contributed by atoms with van der Waals surface area (Å²) in [7, 11) is 0. The van der Waals surface area contributed by atoms with Gasteiger partial charge >= 0.3 is 0 Å². The molecule has 0 radical (unpaired) electrons. The summed E-state index contributed by atoms with van der Waals surface area (Å²) in [6.07, 6.45) is 1.60. The van der Waals surface area contributed by atoms with E-state index in [1.807, 2.05) is 26.0 Å². The molecular weight excluding hydrogens is 350 g/mol. The Morgan fingerprint density at radius 2 is 1.75 bits per heavy atom. The van der Waals surface area contributed by atoms with Gasteiger partial charge in [0.05, 0.1) is 23.3 Å². The van der Waals surface area contributed by atoms with Crippen molar-refractivity contribution in [2.45, 2.75) is 13.8 Å². The SMILES string of the molecule is C=C(C#N)c1cc(C)c(Oc2ccnc(Nc3ccc(C#N)cc3)n2)c(C)c1. The van der Waals surface area contributed by atoms with Crippen LogP contribution in [0.15, 0.2) is 55.2 Å². The van der Waals surface area contributed by atoms with Crippen LogP contribution in [0.1, 0.15) is 22.3 Å². The summed E-state index contributed by atoms with van der Waals surface area (Å²) in [5.74, 6) is 1.45. The normalized spacial score (nSPS) is 9.86. The summed E-state index contributed by atoms with van der Waals surface area (Å²) in [6, 6.07) is 16.5. The summed E-state index contributed by atoms with van der Waals surface area (Å²) in [5.41, 5.74) is 4.29. The van der Waals surface area contributed by atoms with Crippen molar-refractivity contribution in [3.05, 3.63) is 77.5 Å². The first kappa shape index (κ1) is 18.6. The maximum Gasteiger partial charge on any atom is 0.230 e. The van der Waals surface area contributed by atoms with Crippen molar-refractivity contribution in [2.24, 2.45) is 0 Å². The van der Waals surface area contributed by atoms with Gasteiger partial charge in [-0.15, -0.1) is 0 Å². The topological polar surface area (TPSA) is 94.6 Å². The third-order valence-corrected chi connectivity index (χ3v) is 4.05. The molecule has 0 atom stereocenters. The van der Waals surface area contributed by atoms with Crippen LogP contribution >= 0.6 is 0 Å². The standard InChI is InChI=1S/C22H17N5O/c1-14-10-18(16(3)12-23)11-15(2)21(14)28-20-8-9-25-22(27-20)26-19-6-4-17(13-24)5-7-19/h4-11H,3H2,1-2H3,(H,25,26,27). The zero-order chi connectivity index (χ0) is 20.1. The van der Waals surface area contributed by atoms with Gasteiger partial charge < -0.3 is 10.1 Å². The fraction of sp³-hybridized carbons (Fsp3) is 0.0909. The number of nitrogens with zero attached hydrogens (tertiary/aromatic N) is 4. The molecule has 0 amide bonds. The number of allylic oxidation sites excluding steroid dienone is 1. The molecule has 6 nitrogen and oxygen atoms in total. The molecule has 0 unspecified atom stereocenters. The molecule has 1 N–H and O–H groups in total. The number of nitriles is 2. The molecule has 0 spiro atoms. The molecule has 3 aromatic rings. The second-order valence-corrected chi connectivity index (χ2v) is 6.16. The molecular formula is C22H17N5O. The van der Waals surface area contributed by atoms with E-state index in [1.54, 1.807) is 36.5 Å². The van der Waals surface area contributed by atoms with E-state index >= 15 is 0 Å². The van der Waals surface area contributed by atoms with E-state index in [1.165, 1.54) is 0 Å². The summed E-state index contributed by atoms with van der Waals surface area (Å²) in [4.78, 5) is 8.58. The molecule has 28 heavy (non-hydrogen) atoms. The highest BCUT2D eigenvalue weighted by molar-refractivity contribution is 5.76. The quantitative estimate of drug-likeness (QED) is 0.635.